The average Bonchev–Trinajstić information content (AvgIpc) is 2.77. The van der Waals surface area contributed by atoms with E-state index in [0.29, 0.717) is 5.75 Å². The number of aromatic nitrogens is 2. The van der Waals surface area contributed by atoms with Gasteiger partial charge in [0, 0.05) is 17.2 Å². The summed E-state index contributed by atoms with van der Waals surface area (Å²) in [4.78, 5) is 1.18. The van der Waals surface area contributed by atoms with Crippen LogP contribution in [0.4, 0.5) is 0 Å². The summed E-state index contributed by atoms with van der Waals surface area (Å²) in [6.45, 7) is 4.85. The molecule has 0 aliphatic rings. The summed E-state index contributed by atoms with van der Waals surface area (Å²) in [6, 6.07) is 8.31. The van der Waals surface area contributed by atoms with E-state index in [-0.39, 0.29) is 0 Å². The molecule has 19 heavy (non-hydrogen) atoms. The SMILES string of the molecule is CCn1ncc(Br)c1C(O)CSc1cccc(C)c1. The van der Waals surface area contributed by atoms with Gasteiger partial charge in [0.15, 0.2) is 0 Å². The van der Waals surface area contributed by atoms with Crippen LogP contribution in [0.3, 0.4) is 0 Å². The Labute approximate surface area is 126 Å². The lowest BCUT2D eigenvalue weighted by atomic mass is 10.2. The van der Waals surface area contributed by atoms with Gasteiger partial charge in [-0.05, 0) is 41.9 Å². The van der Waals surface area contributed by atoms with Crippen molar-refractivity contribution in [2.24, 2.45) is 0 Å². The Balaban J connectivity index is 2.05. The Bertz CT molecular complexity index is 556. The van der Waals surface area contributed by atoms with Gasteiger partial charge in [-0.3, -0.25) is 4.68 Å². The normalized spacial score (nSPS) is 12.6. The topological polar surface area (TPSA) is 38.0 Å². The van der Waals surface area contributed by atoms with Crippen LogP contribution in [0.2, 0.25) is 0 Å². The summed E-state index contributed by atoms with van der Waals surface area (Å²) in [5.74, 6) is 0.619. The van der Waals surface area contributed by atoms with Crippen LogP contribution in [0.15, 0.2) is 39.8 Å². The second-order valence-corrected chi connectivity index (χ2v) is 6.28. The van der Waals surface area contributed by atoms with Gasteiger partial charge in [-0.15, -0.1) is 11.8 Å². The summed E-state index contributed by atoms with van der Waals surface area (Å²) in [7, 11) is 0. The molecule has 0 aliphatic carbocycles. The van der Waals surface area contributed by atoms with E-state index in [4.69, 9.17) is 0 Å². The molecule has 102 valence electrons. The third kappa shape index (κ3) is 3.61. The number of benzene rings is 1. The van der Waals surface area contributed by atoms with E-state index in [9.17, 15) is 5.11 Å². The zero-order valence-corrected chi connectivity index (χ0v) is 13.4. The van der Waals surface area contributed by atoms with E-state index < -0.39 is 6.10 Å². The van der Waals surface area contributed by atoms with E-state index in [1.807, 2.05) is 17.7 Å². The smallest absolute Gasteiger partial charge is 0.106 e. The molecule has 0 aliphatic heterocycles. The molecule has 0 spiro atoms. The Kier molecular flexibility index (Phi) is 5.07. The monoisotopic (exact) mass is 340 g/mol. The summed E-state index contributed by atoms with van der Waals surface area (Å²) in [6.07, 6.45) is 1.21. The molecule has 0 amide bonds. The highest BCUT2D eigenvalue weighted by Crippen LogP contribution is 2.29. The standard InChI is InChI=1S/C14H17BrN2OS/c1-3-17-14(12(15)8-16-17)13(18)9-19-11-6-4-5-10(2)7-11/h4-8,13,18H,3,9H2,1-2H3. The number of thioether (sulfide) groups is 1. The number of aliphatic hydroxyl groups is 1. The Morgan fingerprint density at radius 1 is 1.47 bits per heavy atom. The summed E-state index contributed by atoms with van der Waals surface area (Å²) in [5, 5.41) is 14.5. The molecule has 1 aromatic carbocycles. The molecule has 0 bridgehead atoms. The maximum absolute atomic E-state index is 10.3. The molecule has 1 N–H and O–H groups in total. The molecule has 2 rings (SSSR count). The minimum Gasteiger partial charge on any atom is -0.386 e. The zero-order chi connectivity index (χ0) is 13.8. The predicted molar refractivity (Wildman–Crippen MR) is 82.5 cm³/mol. The van der Waals surface area contributed by atoms with Crippen LogP contribution in [-0.2, 0) is 6.54 Å². The first-order valence-corrected chi connectivity index (χ1v) is 7.98. The van der Waals surface area contributed by atoms with Gasteiger partial charge in [0.1, 0.15) is 6.10 Å². The van der Waals surface area contributed by atoms with Crippen molar-refractivity contribution in [3.8, 4) is 0 Å². The Morgan fingerprint density at radius 3 is 2.95 bits per heavy atom. The van der Waals surface area contributed by atoms with Crippen molar-refractivity contribution in [1.82, 2.24) is 9.78 Å². The lowest BCUT2D eigenvalue weighted by Crippen LogP contribution is -2.10. The fourth-order valence-corrected chi connectivity index (χ4v) is 3.43. The van der Waals surface area contributed by atoms with Crippen molar-refractivity contribution >= 4 is 27.7 Å². The quantitative estimate of drug-likeness (QED) is 0.841. The van der Waals surface area contributed by atoms with Crippen molar-refractivity contribution in [1.29, 1.82) is 0 Å². The van der Waals surface area contributed by atoms with Crippen molar-refractivity contribution < 1.29 is 5.11 Å². The summed E-state index contributed by atoms with van der Waals surface area (Å²) in [5.41, 5.74) is 2.09. The average molecular weight is 341 g/mol. The highest BCUT2D eigenvalue weighted by molar-refractivity contribution is 9.10. The van der Waals surface area contributed by atoms with E-state index in [1.165, 1.54) is 10.5 Å². The van der Waals surface area contributed by atoms with E-state index >= 15 is 0 Å². The second-order valence-electron chi connectivity index (χ2n) is 4.34. The number of nitrogens with zero attached hydrogens (tertiary/aromatic N) is 2. The lowest BCUT2D eigenvalue weighted by Gasteiger charge is -2.13. The van der Waals surface area contributed by atoms with Crippen molar-refractivity contribution in [2.45, 2.75) is 31.4 Å². The van der Waals surface area contributed by atoms with Crippen LogP contribution in [-0.4, -0.2) is 20.6 Å². The minimum absolute atomic E-state index is 0.526. The molecule has 1 unspecified atom stereocenters. The molecule has 1 aromatic heterocycles. The fourth-order valence-electron chi connectivity index (χ4n) is 1.91. The third-order valence-electron chi connectivity index (χ3n) is 2.85. The maximum atomic E-state index is 10.3. The molecule has 1 heterocycles. The maximum Gasteiger partial charge on any atom is 0.106 e. The molecular formula is C14H17BrN2OS. The minimum atomic E-state index is -0.526. The van der Waals surface area contributed by atoms with Gasteiger partial charge in [-0.1, -0.05) is 17.7 Å². The molecule has 5 heteroatoms. The summed E-state index contributed by atoms with van der Waals surface area (Å²) >= 11 is 5.10. The molecule has 1 atom stereocenters. The first-order valence-electron chi connectivity index (χ1n) is 6.20. The van der Waals surface area contributed by atoms with Crippen LogP contribution in [0.5, 0.6) is 0 Å². The zero-order valence-electron chi connectivity index (χ0n) is 11.0. The second kappa shape index (κ2) is 6.59. The van der Waals surface area contributed by atoms with Crippen LogP contribution >= 0.6 is 27.7 Å². The largest absolute Gasteiger partial charge is 0.386 e. The van der Waals surface area contributed by atoms with Crippen molar-refractivity contribution in [3.63, 3.8) is 0 Å². The molecule has 0 fully saturated rings. The molecular weight excluding hydrogens is 324 g/mol. The fraction of sp³-hybridized carbons (Fsp3) is 0.357. The lowest BCUT2D eigenvalue weighted by molar-refractivity contribution is 0.191. The van der Waals surface area contributed by atoms with Gasteiger partial charge in [0.25, 0.3) is 0 Å². The van der Waals surface area contributed by atoms with Gasteiger partial charge in [0.05, 0.1) is 16.4 Å². The molecule has 0 saturated heterocycles. The highest BCUT2D eigenvalue weighted by Gasteiger charge is 2.17. The number of hydrogen-bond acceptors (Lipinski definition) is 3. The van der Waals surface area contributed by atoms with E-state index in [2.05, 4.69) is 46.2 Å². The highest BCUT2D eigenvalue weighted by atomic mass is 79.9. The third-order valence-corrected chi connectivity index (χ3v) is 4.53. The van der Waals surface area contributed by atoms with Crippen molar-refractivity contribution in [3.05, 3.63) is 46.2 Å². The Hall–Kier alpha value is -0.780. The number of aryl methyl sites for hydroxylation is 2. The van der Waals surface area contributed by atoms with E-state index in [0.717, 1.165) is 16.7 Å². The first kappa shape index (κ1) is 14.6. The van der Waals surface area contributed by atoms with E-state index in [1.54, 1.807) is 18.0 Å². The molecule has 3 nitrogen and oxygen atoms in total. The number of halogens is 1. The first-order chi connectivity index (χ1) is 9.11. The predicted octanol–water partition coefficient (Wildman–Crippen LogP) is 3.80. The van der Waals surface area contributed by atoms with Crippen molar-refractivity contribution in [2.75, 3.05) is 5.75 Å². The van der Waals surface area contributed by atoms with Crippen LogP contribution in [0.25, 0.3) is 0 Å². The van der Waals surface area contributed by atoms with Crippen LogP contribution in [0, 0.1) is 6.92 Å². The van der Waals surface area contributed by atoms with Gasteiger partial charge in [-0.2, -0.15) is 5.10 Å². The summed E-state index contributed by atoms with van der Waals surface area (Å²) < 4.78 is 2.69. The van der Waals surface area contributed by atoms with Gasteiger partial charge < -0.3 is 5.11 Å². The number of rotatable bonds is 5. The molecule has 2 aromatic rings. The molecule has 0 radical (unpaired) electrons. The number of aliphatic hydroxyl groups excluding tert-OH is 1. The van der Waals surface area contributed by atoms with Gasteiger partial charge in [-0.25, -0.2) is 0 Å². The van der Waals surface area contributed by atoms with Crippen LogP contribution < -0.4 is 0 Å². The van der Waals surface area contributed by atoms with Crippen LogP contribution in [0.1, 0.15) is 24.3 Å². The Morgan fingerprint density at radius 2 is 2.26 bits per heavy atom. The number of hydrogen-bond donors (Lipinski definition) is 1. The molecule has 0 saturated carbocycles. The van der Waals surface area contributed by atoms with Gasteiger partial charge >= 0.3 is 0 Å². The van der Waals surface area contributed by atoms with Gasteiger partial charge in [0.2, 0.25) is 0 Å².